The van der Waals surface area contributed by atoms with Crippen molar-refractivity contribution in [2.45, 2.75) is 0 Å². The Kier molecular flexibility index (Phi) is 14.1. The van der Waals surface area contributed by atoms with E-state index < -0.39 is 7.82 Å². The lowest BCUT2D eigenvalue weighted by molar-refractivity contribution is 0.275. The van der Waals surface area contributed by atoms with Crippen LogP contribution in [0.25, 0.3) is 0 Å². The van der Waals surface area contributed by atoms with Gasteiger partial charge >= 0.3 is 7.82 Å². The first kappa shape index (κ1) is 15.7. The van der Waals surface area contributed by atoms with Crippen molar-refractivity contribution < 1.29 is 29.3 Å². The Morgan fingerprint density at radius 2 is 1.12 bits per heavy atom. The van der Waals surface area contributed by atoms with Crippen LogP contribution in [0.1, 0.15) is 0 Å². The van der Waals surface area contributed by atoms with Gasteiger partial charge in [0.15, 0.2) is 0 Å². The lowest BCUT2D eigenvalue weighted by Crippen LogP contribution is -1.66. The molecule has 0 aromatic rings. The summed E-state index contributed by atoms with van der Waals surface area (Å²) in [5.41, 5.74) is 0. The third-order valence-corrected chi connectivity index (χ3v) is 0. The largest absolute Gasteiger partial charge is 0.466 e. The van der Waals surface area contributed by atoms with E-state index in [1.54, 1.807) is 9.12 Å². The molecule has 0 aliphatic carbocycles. The highest BCUT2D eigenvalue weighted by Crippen LogP contribution is 2.25. The molecule has 0 amide bonds. The molecule has 8 heteroatoms. The quantitative estimate of drug-likeness (QED) is 0.384. The van der Waals surface area contributed by atoms with Gasteiger partial charge in [0.2, 0.25) is 0 Å². The standard InChI is InChI=1S/H3O4P.HOP.H2O/c1-5(2,3)4;1-2;/h(H3,1,2,3,4);2H;1H2. The molecule has 52 valence electrons. The van der Waals surface area contributed by atoms with E-state index in [-0.39, 0.29) is 5.48 Å². The zero-order valence-corrected chi connectivity index (χ0v) is 5.50. The lowest BCUT2D eigenvalue weighted by Gasteiger charge is -1.82. The Morgan fingerprint density at radius 3 is 1.12 bits per heavy atom. The Morgan fingerprint density at radius 1 is 1.12 bits per heavy atom. The van der Waals surface area contributed by atoms with Crippen LogP contribution >= 0.6 is 16.9 Å². The van der Waals surface area contributed by atoms with Crippen LogP contribution in [0.3, 0.4) is 0 Å². The van der Waals surface area contributed by atoms with Crippen molar-refractivity contribution in [2.24, 2.45) is 0 Å². The highest BCUT2D eigenvalue weighted by molar-refractivity contribution is 7.45. The zero-order chi connectivity index (χ0) is 6.50. The molecule has 0 heterocycles. The van der Waals surface area contributed by atoms with Crippen molar-refractivity contribution in [1.29, 1.82) is 0 Å². The molecule has 0 aliphatic heterocycles. The van der Waals surface area contributed by atoms with Gasteiger partial charge in [-0.05, 0) is 0 Å². The van der Waals surface area contributed by atoms with Crippen LogP contribution in [0.15, 0.2) is 0 Å². The summed E-state index contributed by atoms with van der Waals surface area (Å²) in [4.78, 5) is 21.6. The second-order valence-corrected chi connectivity index (χ2v) is 1.54. The minimum Gasteiger partial charge on any atom is -0.412 e. The van der Waals surface area contributed by atoms with E-state index in [1.807, 2.05) is 0 Å². The first-order chi connectivity index (χ1) is 3.00. The van der Waals surface area contributed by atoms with Gasteiger partial charge < -0.3 is 20.2 Å². The molecule has 8 heavy (non-hydrogen) atoms. The van der Waals surface area contributed by atoms with Crippen molar-refractivity contribution in [3.8, 4) is 0 Å². The molecule has 0 rings (SSSR count). The van der Waals surface area contributed by atoms with Gasteiger partial charge in [0, 0.05) is 0 Å². The molecule has 0 radical (unpaired) electrons. The van der Waals surface area contributed by atoms with E-state index in [4.69, 9.17) is 23.8 Å². The molecule has 0 aromatic carbocycles. The maximum Gasteiger partial charge on any atom is 0.466 e. The molecule has 0 saturated carbocycles. The van der Waals surface area contributed by atoms with Crippen molar-refractivity contribution in [3.63, 3.8) is 0 Å². The summed E-state index contributed by atoms with van der Waals surface area (Å²) in [6.07, 6.45) is 0. The SMILES string of the molecule is O.O=P.O=P(O)(O)O. The smallest absolute Gasteiger partial charge is 0.412 e. The third-order valence-electron chi connectivity index (χ3n) is 0. The first-order valence-electron chi connectivity index (χ1n) is 0.987. The van der Waals surface area contributed by atoms with E-state index in [2.05, 4.69) is 0 Å². The van der Waals surface area contributed by atoms with Gasteiger partial charge in [-0.2, -0.15) is 0 Å². The molecule has 0 aliphatic rings. The first-order valence-corrected chi connectivity index (χ1v) is 2.96. The molecule has 0 aromatic heterocycles. The predicted octanol–water partition coefficient (Wildman–Crippen LogP) is -1.28. The van der Waals surface area contributed by atoms with E-state index in [9.17, 15) is 0 Å². The molecule has 0 unspecified atom stereocenters. The molecule has 0 spiro atoms. The predicted molar refractivity (Wildman–Crippen MR) is 26.9 cm³/mol. The van der Waals surface area contributed by atoms with Crippen LogP contribution < -0.4 is 0 Å². The summed E-state index contributed by atoms with van der Waals surface area (Å²) >= 11 is 0. The van der Waals surface area contributed by atoms with Gasteiger partial charge in [-0.25, -0.2) is 4.57 Å². The van der Waals surface area contributed by atoms with Crippen molar-refractivity contribution in [2.75, 3.05) is 0 Å². The molecule has 0 fully saturated rings. The molecular formula is H6O6P2. The maximum atomic E-state index is 8.88. The van der Waals surface area contributed by atoms with Crippen molar-refractivity contribution in [3.05, 3.63) is 0 Å². The summed E-state index contributed by atoms with van der Waals surface area (Å²) in [6.45, 7) is 0. The minimum atomic E-state index is -4.64. The Balaban J connectivity index is -0.0000000750. The minimum absolute atomic E-state index is 0. The van der Waals surface area contributed by atoms with E-state index >= 15 is 0 Å². The monoisotopic (exact) mass is 164 g/mol. The van der Waals surface area contributed by atoms with Gasteiger partial charge in [0.1, 0.15) is 9.12 Å². The van der Waals surface area contributed by atoms with Gasteiger partial charge in [-0.3, -0.25) is 4.57 Å². The number of rotatable bonds is 0. The fourth-order valence-corrected chi connectivity index (χ4v) is 0. The number of phosphoric acid groups is 1. The Labute approximate surface area is 47.3 Å². The molecular weight excluding hydrogens is 158 g/mol. The lowest BCUT2D eigenvalue weighted by atomic mass is 15.8. The molecule has 6 nitrogen and oxygen atoms in total. The Hall–Kier alpha value is 0.170. The van der Waals surface area contributed by atoms with Crippen LogP contribution in [0.5, 0.6) is 0 Å². The fraction of sp³-hybridized carbons (Fsp3) is 0. The fourth-order valence-electron chi connectivity index (χ4n) is 0. The zero-order valence-electron chi connectivity index (χ0n) is 3.61. The second-order valence-electron chi connectivity index (χ2n) is 0.513. The summed E-state index contributed by atoms with van der Waals surface area (Å²) in [7, 11) is -2.92. The van der Waals surface area contributed by atoms with Crippen LogP contribution in [-0.4, -0.2) is 20.2 Å². The van der Waals surface area contributed by atoms with Crippen LogP contribution in [0, 0.1) is 0 Å². The summed E-state index contributed by atoms with van der Waals surface area (Å²) in [5.74, 6) is 0. The summed E-state index contributed by atoms with van der Waals surface area (Å²) < 4.78 is 16.9. The van der Waals surface area contributed by atoms with Gasteiger partial charge in [-0.15, -0.1) is 0 Å². The van der Waals surface area contributed by atoms with Crippen LogP contribution in [0.2, 0.25) is 0 Å². The van der Waals surface area contributed by atoms with Crippen LogP contribution in [-0.2, 0) is 9.13 Å². The summed E-state index contributed by atoms with van der Waals surface area (Å²) in [5, 5.41) is 0. The number of hydrogen-bond acceptors (Lipinski definition) is 2. The highest BCUT2D eigenvalue weighted by Gasteiger charge is 2.00. The van der Waals surface area contributed by atoms with Crippen molar-refractivity contribution >= 4 is 16.9 Å². The highest BCUT2D eigenvalue weighted by atomic mass is 31.2. The Bertz CT molecular complexity index is 62.3. The molecule has 0 bridgehead atoms. The summed E-state index contributed by atoms with van der Waals surface area (Å²) in [6, 6.07) is 0. The molecule has 5 N–H and O–H groups in total. The third kappa shape index (κ3) is 5710. The van der Waals surface area contributed by atoms with E-state index in [0.717, 1.165) is 0 Å². The van der Waals surface area contributed by atoms with E-state index in [1.165, 1.54) is 0 Å². The van der Waals surface area contributed by atoms with Crippen LogP contribution in [0.4, 0.5) is 0 Å². The average molecular weight is 164 g/mol. The average Bonchev–Trinajstić information content (AvgIpc) is 1.36. The molecule has 0 atom stereocenters. The van der Waals surface area contributed by atoms with Crippen molar-refractivity contribution in [1.82, 2.24) is 0 Å². The van der Waals surface area contributed by atoms with Gasteiger partial charge in [0.25, 0.3) is 0 Å². The van der Waals surface area contributed by atoms with Gasteiger partial charge in [-0.1, -0.05) is 0 Å². The normalized spacial score (nSPS) is 7.88. The van der Waals surface area contributed by atoms with Gasteiger partial charge in [0.05, 0.1) is 0 Å². The molecule has 0 saturated heterocycles. The topological polar surface area (TPSA) is 126 Å². The van der Waals surface area contributed by atoms with E-state index in [0.29, 0.717) is 0 Å². The number of hydrogen-bond donors (Lipinski definition) is 3. The maximum absolute atomic E-state index is 8.88. The second kappa shape index (κ2) is 7.17.